The van der Waals surface area contributed by atoms with Crippen molar-refractivity contribution >= 4 is 11.2 Å². The van der Waals surface area contributed by atoms with Crippen LogP contribution in [0, 0.1) is 5.41 Å². The first-order chi connectivity index (χ1) is 5.83. The molecule has 0 aromatic carbocycles. The number of hydrogen-bond donors (Lipinski definition) is 3. The molecule has 0 saturated carbocycles. The van der Waals surface area contributed by atoms with Crippen molar-refractivity contribution in [2.24, 2.45) is 0 Å². The van der Waals surface area contributed by atoms with Gasteiger partial charge in [-0.3, -0.25) is 9.98 Å². The van der Waals surface area contributed by atoms with E-state index in [1.54, 1.807) is 0 Å². The van der Waals surface area contributed by atoms with Crippen molar-refractivity contribution in [3.05, 3.63) is 18.1 Å². The molecular formula is C6H7N5O. The Bertz CT molecular complexity index is 456. The van der Waals surface area contributed by atoms with Gasteiger partial charge in [0, 0.05) is 0 Å². The molecule has 12 heavy (non-hydrogen) atoms. The number of fused-ring (bicyclic) bond motifs is 1. The van der Waals surface area contributed by atoms with Gasteiger partial charge in [-0.05, 0) is 0 Å². The first-order valence-electron chi connectivity index (χ1n) is 3.37. The van der Waals surface area contributed by atoms with Gasteiger partial charge in [0.1, 0.15) is 18.6 Å². The summed E-state index contributed by atoms with van der Waals surface area (Å²) in [6.07, 6.45) is 2.85. The van der Waals surface area contributed by atoms with Crippen molar-refractivity contribution < 1.29 is 5.11 Å². The molecule has 2 aromatic rings. The van der Waals surface area contributed by atoms with Crippen LogP contribution in [-0.4, -0.2) is 24.6 Å². The molecule has 0 fully saturated rings. The van der Waals surface area contributed by atoms with E-state index < -0.39 is 0 Å². The van der Waals surface area contributed by atoms with E-state index >= 15 is 0 Å². The quantitative estimate of drug-likeness (QED) is 0.516. The van der Waals surface area contributed by atoms with Crippen LogP contribution in [0.3, 0.4) is 0 Å². The minimum Gasteiger partial charge on any atom is -0.376 e. The molecule has 0 aliphatic heterocycles. The molecule has 0 atom stereocenters. The largest absolute Gasteiger partial charge is 0.376 e. The van der Waals surface area contributed by atoms with Gasteiger partial charge in [-0.1, -0.05) is 0 Å². The van der Waals surface area contributed by atoms with Gasteiger partial charge in [-0.25, -0.2) is 9.97 Å². The van der Waals surface area contributed by atoms with E-state index in [0.29, 0.717) is 11.2 Å². The van der Waals surface area contributed by atoms with Gasteiger partial charge in [0.15, 0.2) is 11.1 Å². The molecule has 2 heterocycles. The van der Waals surface area contributed by atoms with Crippen LogP contribution in [0.25, 0.3) is 11.2 Å². The van der Waals surface area contributed by atoms with Crippen molar-refractivity contribution in [3.8, 4) is 0 Å². The topological polar surface area (TPSA) is 90.6 Å². The van der Waals surface area contributed by atoms with E-state index in [9.17, 15) is 0 Å². The number of aliphatic hydroxyl groups is 1. The van der Waals surface area contributed by atoms with E-state index in [1.165, 1.54) is 17.2 Å². The van der Waals surface area contributed by atoms with Gasteiger partial charge in [0.05, 0.1) is 6.33 Å². The number of H-pyrrole nitrogens is 1. The molecule has 0 amide bonds. The number of hydrogen-bond acceptors (Lipinski definition) is 4. The van der Waals surface area contributed by atoms with Crippen molar-refractivity contribution in [3.63, 3.8) is 0 Å². The Morgan fingerprint density at radius 3 is 3.17 bits per heavy atom. The maximum Gasteiger partial charge on any atom is 0.182 e. The van der Waals surface area contributed by atoms with Crippen molar-refractivity contribution in [2.75, 3.05) is 0 Å². The highest BCUT2D eigenvalue weighted by Crippen LogP contribution is 1.96. The highest BCUT2D eigenvalue weighted by Gasteiger charge is 2.00. The molecule has 62 valence electrons. The number of aliphatic hydroxyl groups excluding tert-OH is 1. The summed E-state index contributed by atoms with van der Waals surface area (Å²) in [6, 6.07) is 0. The molecule has 0 spiro atoms. The lowest BCUT2D eigenvalue weighted by molar-refractivity contribution is 0.203. The zero-order valence-corrected chi connectivity index (χ0v) is 6.15. The molecular weight excluding hydrogens is 158 g/mol. The van der Waals surface area contributed by atoms with Gasteiger partial charge < -0.3 is 10.1 Å². The molecule has 0 radical (unpaired) electrons. The van der Waals surface area contributed by atoms with Gasteiger partial charge in [-0.2, -0.15) is 0 Å². The average molecular weight is 165 g/mol. The zero-order valence-electron chi connectivity index (χ0n) is 6.15. The second-order valence-electron chi connectivity index (χ2n) is 2.31. The second kappa shape index (κ2) is 2.42. The SMILES string of the molecule is N=c1c2[nH]cnc2ncn1CO. The van der Waals surface area contributed by atoms with Gasteiger partial charge >= 0.3 is 0 Å². The molecule has 6 heteroatoms. The lowest BCUT2D eigenvalue weighted by Crippen LogP contribution is -2.20. The average Bonchev–Trinajstić information content (AvgIpc) is 2.53. The molecule has 0 aliphatic carbocycles. The van der Waals surface area contributed by atoms with Gasteiger partial charge in [0.2, 0.25) is 0 Å². The number of nitrogens with zero attached hydrogens (tertiary/aromatic N) is 3. The number of aromatic nitrogens is 4. The minimum absolute atomic E-state index is 0.181. The van der Waals surface area contributed by atoms with Gasteiger partial charge in [0.25, 0.3) is 0 Å². The minimum atomic E-state index is -0.249. The lowest BCUT2D eigenvalue weighted by Gasteiger charge is -1.99. The molecule has 2 rings (SSSR count). The van der Waals surface area contributed by atoms with Crippen LogP contribution >= 0.6 is 0 Å². The lowest BCUT2D eigenvalue weighted by atomic mass is 10.5. The van der Waals surface area contributed by atoms with Crippen molar-refractivity contribution in [1.29, 1.82) is 5.41 Å². The number of aromatic amines is 1. The highest BCUT2D eigenvalue weighted by molar-refractivity contribution is 5.67. The third-order valence-corrected chi connectivity index (χ3v) is 1.62. The highest BCUT2D eigenvalue weighted by atomic mass is 16.3. The Kier molecular flexibility index (Phi) is 1.41. The Labute approximate surface area is 67.0 Å². The van der Waals surface area contributed by atoms with E-state index in [4.69, 9.17) is 10.5 Å². The second-order valence-corrected chi connectivity index (χ2v) is 2.31. The molecule has 3 N–H and O–H groups in total. The van der Waals surface area contributed by atoms with E-state index in [0.717, 1.165) is 0 Å². The smallest absolute Gasteiger partial charge is 0.182 e. The summed E-state index contributed by atoms with van der Waals surface area (Å²) in [4.78, 5) is 10.6. The predicted octanol–water partition coefficient (Wildman–Crippen LogP) is -0.811. The van der Waals surface area contributed by atoms with E-state index in [2.05, 4.69) is 15.0 Å². The van der Waals surface area contributed by atoms with Crippen LogP contribution in [-0.2, 0) is 6.73 Å². The number of imidazole rings is 1. The Hall–Kier alpha value is -1.69. The van der Waals surface area contributed by atoms with Crippen LogP contribution in [0.5, 0.6) is 0 Å². The van der Waals surface area contributed by atoms with Crippen molar-refractivity contribution in [1.82, 2.24) is 19.5 Å². The summed E-state index contributed by atoms with van der Waals surface area (Å²) < 4.78 is 1.31. The molecule has 0 aliphatic rings. The van der Waals surface area contributed by atoms with Gasteiger partial charge in [-0.15, -0.1) is 0 Å². The monoisotopic (exact) mass is 165 g/mol. The number of rotatable bonds is 1. The fourth-order valence-electron chi connectivity index (χ4n) is 0.992. The normalized spacial score (nSPS) is 10.8. The summed E-state index contributed by atoms with van der Waals surface area (Å²) in [5.41, 5.74) is 1.20. The Morgan fingerprint density at radius 1 is 1.58 bits per heavy atom. The zero-order chi connectivity index (χ0) is 8.55. The Balaban J connectivity index is 2.88. The summed E-state index contributed by atoms with van der Waals surface area (Å²) in [6.45, 7) is -0.249. The molecule has 6 nitrogen and oxygen atoms in total. The van der Waals surface area contributed by atoms with E-state index in [-0.39, 0.29) is 12.2 Å². The first kappa shape index (κ1) is 6.99. The standard InChI is InChI=1S/C6H7N5O/c7-5-4-6(9-1-8-4)10-2-11(5)3-12/h1-2,7,12H,3H2,(H,8,9). The van der Waals surface area contributed by atoms with Crippen LogP contribution in [0.4, 0.5) is 0 Å². The summed E-state index contributed by atoms with van der Waals surface area (Å²) in [5, 5.41) is 16.3. The summed E-state index contributed by atoms with van der Waals surface area (Å²) >= 11 is 0. The number of nitrogens with one attached hydrogen (secondary N) is 2. The van der Waals surface area contributed by atoms with Crippen LogP contribution < -0.4 is 5.49 Å². The fourth-order valence-corrected chi connectivity index (χ4v) is 0.992. The summed E-state index contributed by atoms with van der Waals surface area (Å²) in [5.74, 6) is 0. The summed E-state index contributed by atoms with van der Waals surface area (Å²) in [7, 11) is 0. The first-order valence-corrected chi connectivity index (χ1v) is 3.37. The van der Waals surface area contributed by atoms with Crippen molar-refractivity contribution in [2.45, 2.75) is 6.73 Å². The fraction of sp³-hybridized carbons (Fsp3) is 0.167. The third kappa shape index (κ3) is 0.817. The van der Waals surface area contributed by atoms with Crippen LogP contribution in [0.2, 0.25) is 0 Å². The molecule has 0 saturated heterocycles. The van der Waals surface area contributed by atoms with Crippen LogP contribution in [0.15, 0.2) is 12.7 Å². The van der Waals surface area contributed by atoms with E-state index in [1.807, 2.05) is 0 Å². The Morgan fingerprint density at radius 2 is 2.42 bits per heavy atom. The molecule has 0 bridgehead atoms. The maximum absolute atomic E-state index is 8.78. The maximum atomic E-state index is 8.78. The van der Waals surface area contributed by atoms with Crippen LogP contribution in [0.1, 0.15) is 0 Å². The predicted molar refractivity (Wildman–Crippen MR) is 40.0 cm³/mol. The third-order valence-electron chi connectivity index (χ3n) is 1.62. The molecule has 0 unspecified atom stereocenters. The molecule has 2 aromatic heterocycles.